The first-order valence-corrected chi connectivity index (χ1v) is 7.95. The van der Waals surface area contributed by atoms with Crippen LogP contribution in [-0.4, -0.2) is 5.91 Å². The minimum absolute atomic E-state index is 0.100. The van der Waals surface area contributed by atoms with Crippen molar-refractivity contribution in [2.75, 3.05) is 5.32 Å². The molecule has 0 atom stereocenters. The number of amides is 1. The fourth-order valence-electron chi connectivity index (χ4n) is 2.66. The number of aryl methyl sites for hydroxylation is 1. The van der Waals surface area contributed by atoms with Gasteiger partial charge in [-0.2, -0.15) is 13.2 Å². The van der Waals surface area contributed by atoms with Crippen LogP contribution < -0.4 is 10.7 Å². The molecule has 2 aromatic carbocycles. The van der Waals surface area contributed by atoms with Crippen molar-refractivity contribution in [1.82, 2.24) is 0 Å². The van der Waals surface area contributed by atoms with Gasteiger partial charge >= 0.3 is 6.18 Å². The van der Waals surface area contributed by atoms with Gasteiger partial charge in [0.25, 0.3) is 5.91 Å². The number of halogens is 3. The van der Waals surface area contributed by atoms with Crippen molar-refractivity contribution < 1.29 is 22.4 Å². The van der Waals surface area contributed by atoms with Crippen LogP contribution in [0.3, 0.4) is 0 Å². The van der Waals surface area contributed by atoms with Gasteiger partial charge in [0.2, 0.25) is 0 Å². The normalized spacial score (nSPS) is 11.3. The summed E-state index contributed by atoms with van der Waals surface area (Å²) in [6.45, 7) is 1.43. The van der Waals surface area contributed by atoms with Gasteiger partial charge in [0.15, 0.2) is 11.2 Å². The van der Waals surface area contributed by atoms with E-state index in [0.29, 0.717) is 5.69 Å². The zero-order chi connectivity index (χ0) is 19.6. The predicted molar refractivity (Wildman–Crippen MR) is 94.5 cm³/mol. The van der Waals surface area contributed by atoms with Gasteiger partial charge in [-0.05, 0) is 25.1 Å². The Labute approximate surface area is 152 Å². The molecule has 0 saturated carbocycles. The summed E-state index contributed by atoms with van der Waals surface area (Å²) in [7, 11) is 0. The first-order chi connectivity index (χ1) is 12.8. The molecule has 0 radical (unpaired) electrons. The smallest absolute Gasteiger partial charge is 0.417 e. The van der Waals surface area contributed by atoms with Gasteiger partial charge in [-0.3, -0.25) is 9.59 Å². The van der Waals surface area contributed by atoms with E-state index in [1.807, 2.05) is 0 Å². The maximum Gasteiger partial charge on any atom is 0.417 e. The number of hydrogen-bond donors (Lipinski definition) is 1. The third-order valence-electron chi connectivity index (χ3n) is 3.81. The van der Waals surface area contributed by atoms with E-state index in [2.05, 4.69) is 5.32 Å². The maximum atomic E-state index is 13.4. The van der Waals surface area contributed by atoms with Gasteiger partial charge in [0.05, 0.1) is 5.56 Å². The highest BCUT2D eigenvalue weighted by molar-refractivity contribution is 6.07. The molecule has 1 heterocycles. The molecular weight excluding hydrogens is 359 g/mol. The zero-order valence-corrected chi connectivity index (χ0v) is 14.1. The Morgan fingerprint density at radius 3 is 2.30 bits per heavy atom. The quantitative estimate of drug-likeness (QED) is 0.711. The molecule has 1 amide bonds. The van der Waals surface area contributed by atoms with Gasteiger partial charge in [-0.1, -0.05) is 36.4 Å². The predicted octanol–water partition coefficient (Wildman–Crippen LogP) is 4.89. The van der Waals surface area contributed by atoms with Crippen molar-refractivity contribution in [1.29, 1.82) is 0 Å². The van der Waals surface area contributed by atoms with Crippen LogP contribution in [0.25, 0.3) is 11.3 Å². The number of benzene rings is 2. The molecule has 1 N–H and O–H groups in total. The Bertz CT molecular complexity index is 1040. The van der Waals surface area contributed by atoms with Crippen LogP contribution in [0.5, 0.6) is 0 Å². The number of rotatable bonds is 3. The van der Waals surface area contributed by atoms with Crippen molar-refractivity contribution >= 4 is 11.6 Å². The molecule has 4 nitrogen and oxygen atoms in total. The molecular formula is C20H14F3NO3. The van der Waals surface area contributed by atoms with Gasteiger partial charge in [-0.25, -0.2) is 0 Å². The molecule has 3 rings (SSSR count). The third-order valence-corrected chi connectivity index (χ3v) is 3.81. The highest BCUT2D eigenvalue weighted by Gasteiger charge is 2.35. The summed E-state index contributed by atoms with van der Waals surface area (Å²) in [6, 6.07) is 14.0. The second kappa shape index (κ2) is 7.11. The standard InChI is InChI=1S/C20H14F3NO3/c1-12-11-16(25)17(19(26)24-13-7-3-2-4-8-13)18(27-12)14-9-5-6-10-15(14)20(21,22)23/h2-11H,1H3,(H,24,26). The minimum Gasteiger partial charge on any atom is -0.460 e. The van der Waals surface area contributed by atoms with Crippen LogP contribution in [0.4, 0.5) is 18.9 Å². The number of carbonyl (C=O) groups is 1. The summed E-state index contributed by atoms with van der Waals surface area (Å²) in [5.74, 6) is -1.16. The molecule has 0 aliphatic carbocycles. The van der Waals surface area contributed by atoms with E-state index < -0.39 is 34.4 Å². The molecule has 7 heteroatoms. The summed E-state index contributed by atoms with van der Waals surface area (Å²) in [5.41, 5.74) is -2.17. The van der Waals surface area contributed by atoms with E-state index in [-0.39, 0.29) is 11.3 Å². The monoisotopic (exact) mass is 373 g/mol. The molecule has 1 aromatic heterocycles. The molecule has 0 fully saturated rings. The van der Waals surface area contributed by atoms with Gasteiger partial charge in [-0.15, -0.1) is 0 Å². The minimum atomic E-state index is -4.67. The number of para-hydroxylation sites is 1. The molecule has 0 saturated heterocycles. The van der Waals surface area contributed by atoms with Crippen LogP contribution in [-0.2, 0) is 6.18 Å². The zero-order valence-electron chi connectivity index (χ0n) is 14.1. The summed E-state index contributed by atoms with van der Waals surface area (Å²) in [5, 5.41) is 2.51. The summed E-state index contributed by atoms with van der Waals surface area (Å²) < 4.78 is 45.6. The molecule has 0 spiro atoms. The average Bonchev–Trinajstić information content (AvgIpc) is 2.61. The Balaban J connectivity index is 2.18. The fraction of sp³-hybridized carbons (Fsp3) is 0.100. The lowest BCUT2D eigenvalue weighted by Crippen LogP contribution is -2.23. The number of hydrogen-bond acceptors (Lipinski definition) is 3. The molecule has 0 bridgehead atoms. The lowest BCUT2D eigenvalue weighted by Gasteiger charge is -2.15. The largest absolute Gasteiger partial charge is 0.460 e. The summed E-state index contributed by atoms with van der Waals surface area (Å²) in [6.07, 6.45) is -4.67. The maximum absolute atomic E-state index is 13.4. The van der Waals surface area contributed by atoms with Gasteiger partial charge in [0, 0.05) is 17.3 Å². The van der Waals surface area contributed by atoms with E-state index in [9.17, 15) is 22.8 Å². The number of anilines is 1. The van der Waals surface area contributed by atoms with E-state index in [0.717, 1.165) is 12.1 Å². The number of carbonyl (C=O) groups excluding carboxylic acids is 1. The molecule has 0 unspecified atom stereocenters. The van der Waals surface area contributed by atoms with E-state index in [1.165, 1.54) is 25.1 Å². The van der Waals surface area contributed by atoms with Crippen molar-refractivity contribution in [3.63, 3.8) is 0 Å². The van der Waals surface area contributed by atoms with Crippen molar-refractivity contribution in [2.24, 2.45) is 0 Å². The van der Waals surface area contributed by atoms with E-state index in [1.54, 1.807) is 30.3 Å². The third kappa shape index (κ3) is 3.92. The summed E-state index contributed by atoms with van der Waals surface area (Å²) >= 11 is 0. The van der Waals surface area contributed by atoms with Crippen LogP contribution in [0.2, 0.25) is 0 Å². The van der Waals surface area contributed by atoms with Gasteiger partial charge < -0.3 is 9.73 Å². The van der Waals surface area contributed by atoms with Crippen molar-refractivity contribution in [3.8, 4) is 11.3 Å². The van der Waals surface area contributed by atoms with Crippen LogP contribution in [0.1, 0.15) is 21.7 Å². The van der Waals surface area contributed by atoms with Crippen LogP contribution >= 0.6 is 0 Å². The fourth-order valence-corrected chi connectivity index (χ4v) is 2.66. The second-order valence-corrected chi connectivity index (χ2v) is 5.79. The van der Waals surface area contributed by atoms with Gasteiger partial charge in [0.1, 0.15) is 11.3 Å². The van der Waals surface area contributed by atoms with E-state index >= 15 is 0 Å². The lowest BCUT2D eigenvalue weighted by atomic mass is 10.00. The molecule has 0 aliphatic rings. The molecule has 3 aromatic rings. The topological polar surface area (TPSA) is 59.3 Å². The number of alkyl halides is 3. The Morgan fingerprint density at radius 2 is 1.63 bits per heavy atom. The molecule has 27 heavy (non-hydrogen) atoms. The van der Waals surface area contributed by atoms with Crippen LogP contribution in [0.15, 0.2) is 69.9 Å². The Morgan fingerprint density at radius 1 is 1.00 bits per heavy atom. The average molecular weight is 373 g/mol. The highest BCUT2D eigenvalue weighted by atomic mass is 19.4. The lowest BCUT2D eigenvalue weighted by molar-refractivity contribution is -0.137. The second-order valence-electron chi connectivity index (χ2n) is 5.79. The first kappa shape index (κ1) is 18.4. The Kier molecular flexibility index (Phi) is 4.85. The Hall–Kier alpha value is -3.35. The molecule has 138 valence electrons. The van der Waals surface area contributed by atoms with Crippen molar-refractivity contribution in [2.45, 2.75) is 13.1 Å². The highest BCUT2D eigenvalue weighted by Crippen LogP contribution is 2.38. The summed E-state index contributed by atoms with van der Waals surface area (Å²) in [4.78, 5) is 25.1. The van der Waals surface area contributed by atoms with Crippen molar-refractivity contribution in [3.05, 3.63) is 87.8 Å². The van der Waals surface area contributed by atoms with E-state index in [4.69, 9.17) is 4.42 Å². The molecule has 0 aliphatic heterocycles. The first-order valence-electron chi connectivity index (χ1n) is 7.95. The number of nitrogens with one attached hydrogen (secondary N) is 1. The SMILES string of the molecule is Cc1cc(=O)c(C(=O)Nc2ccccc2)c(-c2ccccc2C(F)(F)F)o1. The van der Waals surface area contributed by atoms with Crippen LogP contribution in [0, 0.1) is 6.92 Å².